The molecule has 0 saturated heterocycles. The smallest absolute Gasteiger partial charge is 0.315 e. The normalized spacial score (nSPS) is 11.3. The van der Waals surface area contributed by atoms with E-state index in [4.69, 9.17) is 16.7 Å². The van der Waals surface area contributed by atoms with Gasteiger partial charge in [-0.05, 0) is 36.6 Å². The first-order valence-electron chi connectivity index (χ1n) is 12.4. The average molecular weight is 510 g/mol. The number of aryl methyl sites for hydroxylation is 1. The molecule has 2 N–H and O–H groups in total. The summed E-state index contributed by atoms with van der Waals surface area (Å²) in [6.45, 7) is 10.7. The zero-order valence-corrected chi connectivity index (χ0v) is 22.5. The van der Waals surface area contributed by atoms with E-state index in [9.17, 15) is 9.59 Å². The van der Waals surface area contributed by atoms with Gasteiger partial charge in [-0.2, -0.15) is 5.10 Å². The van der Waals surface area contributed by atoms with Crippen LogP contribution in [0.15, 0.2) is 54.6 Å². The van der Waals surface area contributed by atoms with Crippen molar-refractivity contribution in [1.82, 2.24) is 14.7 Å². The second-order valence-corrected chi connectivity index (χ2v) is 10.2. The van der Waals surface area contributed by atoms with Gasteiger partial charge in [0.05, 0.1) is 16.4 Å². The van der Waals surface area contributed by atoms with Gasteiger partial charge in [-0.1, -0.05) is 83.0 Å². The number of carbonyl (C=O) groups is 2. The molecular formula is C28H36ClN5O2. The SMILES string of the molecule is CCCCN(CC(=O)Nc1cc(C(C)(C)C)nn1-c1ccccc1Cl)C(=O)Nc1ccccc1CC. The predicted octanol–water partition coefficient (Wildman–Crippen LogP) is 6.66. The summed E-state index contributed by atoms with van der Waals surface area (Å²) in [6.07, 6.45) is 2.50. The third-order valence-electron chi connectivity index (χ3n) is 5.87. The molecule has 3 rings (SSSR count). The minimum atomic E-state index is -0.307. The summed E-state index contributed by atoms with van der Waals surface area (Å²) in [5.41, 5.74) is 3.06. The van der Waals surface area contributed by atoms with Crippen LogP contribution in [0, 0.1) is 0 Å². The molecule has 36 heavy (non-hydrogen) atoms. The molecule has 3 amide bonds. The molecule has 0 aliphatic rings. The van der Waals surface area contributed by atoms with Crippen LogP contribution < -0.4 is 10.6 Å². The minimum absolute atomic E-state index is 0.0846. The molecule has 0 aliphatic heterocycles. The highest BCUT2D eigenvalue weighted by molar-refractivity contribution is 6.32. The Hall–Kier alpha value is -3.32. The Morgan fingerprint density at radius 3 is 2.39 bits per heavy atom. The van der Waals surface area contributed by atoms with Crippen LogP contribution in [-0.4, -0.2) is 39.7 Å². The summed E-state index contributed by atoms with van der Waals surface area (Å²) >= 11 is 6.44. The molecule has 1 heterocycles. The van der Waals surface area contributed by atoms with Crippen molar-refractivity contribution in [2.45, 2.75) is 59.3 Å². The molecular weight excluding hydrogens is 474 g/mol. The number of nitrogens with one attached hydrogen (secondary N) is 2. The van der Waals surface area contributed by atoms with Crippen molar-refractivity contribution >= 4 is 35.0 Å². The fourth-order valence-electron chi connectivity index (χ4n) is 3.75. The van der Waals surface area contributed by atoms with E-state index in [0.717, 1.165) is 36.2 Å². The van der Waals surface area contributed by atoms with Crippen molar-refractivity contribution < 1.29 is 9.59 Å². The van der Waals surface area contributed by atoms with E-state index < -0.39 is 0 Å². The highest BCUT2D eigenvalue weighted by Crippen LogP contribution is 2.29. The van der Waals surface area contributed by atoms with Crippen LogP contribution in [0.5, 0.6) is 0 Å². The third-order valence-corrected chi connectivity index (χ3v) is 6.19. The maximum absolute atomic E-state index is 13.2. The molecule has 0 aliphatic carbocycles. The largest absolute Gasteiger partial charge is 0.322 e. The number of amides is 3. The van der Waals surface area contributed by atoms with Crippen molar-refractivity contribution in [2.75, 3.05) is 23.7 Å². The van der Waals surface area contributed by atoms with Gasteiger partial charge >= 0.3 is 6.03 Å². The van der Waals surface area contributed by atoms with Gasteiger partial charge in [0.1, 0.15) is 12.4 Å². The molecule has 7 nitrogen and oxygen atoms in total. The number of aromatic nitrogens is 2. The lowest BCUT2D eigenvalue weighted by atomic mass is 9.92. The maximum Gasteiger partial charge on any atom is 0.322 e. The number of nitrogens with zero attached hydrogens (tertiary/aromatic N) is 3. The maximum atomic E-state index is 13.2. The van der Waals surface area contributed by atoms with Gasteiger partial charge in [-0.25, -0.2) is 9.48 Å². The molecule has 192 valence electrons. The van der Waals surface area contributed by atoms with Gasteiger partial charge in [-0.15, -0.1) is 0 Å². The number of hydrogen-bond donors (Lipinski definition) is 2. The number of urea groups is 1. The van der Waals surface area contributed by atoms with Gasteiger partial charge in [0.2, 0.25) is 5.91 Å². The average Bonchev–Trinajstić information content (AvgIpc) is 3.26. The summed E-state index contributed by atoms with van der Waals surface area (Å²) in [6, 6.07) is 16.6. The minimum Gasteiger partial charge on any atom is -0.315 e. The fraction of sp³-hybridized carbons (Fsp3) is 0.393. The van der Waals surface area contributed by atoms with Crippen LogP contribution >= 0.6 is 11.6 Å². The first-order chi connectivity index (χ1) is 17.1. The number of para-hydroxylation sites is 2. The van der Waals surface area contributed by atoms with E-state index in [1.807, 2.05) is 55.5 Å². The first-order valence-corrected chi connectivity index (χ1v) is 12.8. The number of carbonyl (C=O) groups excluding carboxylic acids is 2. The molecule has 0 radical (unpaired) electrons. The van der Waals surface area contributed by atoms with Crippen LogP contribution in [0.2, 0.25) is 5.02 Å². The highest BCUT2D eigenvalue weighted by Gasteiger charge is 2.24. The van der Waals surface area contributed by atoms with Gasteiger partial charge in [0, 0.05) is 23.7 Å². The lowest BCUT2D eigenvalue weighted by molar-refractivity contribution is -0.116. The van der Waals surface area contributed by atoms with Crippen molar-refractivity contribution in [1.29, 1.82) is 0 Å². The van der Waals surface area contributed by atoms with Gasteiger partial charge in [-0.3, -0.25) is 4.79 Å². The van der Waals surface area contributed by atoms with E-state index in [1.165, 1.54) is 0 Å². The number of rotatable bonds is 9. The molecule has 0 spiro atoms. The molecule has 0 fully saturated rings. The number of halogens is 1. The Kier molecular flexibility index (Phi) is 9.15. The van der Waals surface area contributed by atoms with Crippen LogP contribution in [0.4, 0.5) is 16.3 Å². The number of unbranched alkanes of at least 4 members (excludes halogenated alkanes) is 1. The van der Waals surface area contributed by atoms with Crippen LogP contribution in [0.25, 0.3) is 5.69 Å². The molecule has 2 aromatic carbocycles. The third kappa shape index (κ3) is 6.88. The number of hydrogen-bond acceptors (Lipinski definition) is 3. The van der Waals surface area contributed by atoms with E-state index in [1.54, 1.807) is 15.6 Å². The second kappa shape index (κ2) is 12.1. The molecule has 0 bridgehead atoms. The summed E-state index contributed by atoms with van der Waals surface area (Å²) in [4.78, 5) is 27.9. The summed E-state index contributed by atoms with van der Waals surface area (Å²) in [5, 5.41) is 11.2. The molecule has 3 aromatic rings. The van der Waals surface area contributed by atoms with E-state index >= 15 is 0 Å². The first kappa shape index (κ1) is 27.3. The van der Waals surface area contributed by atoms with Gasteiger partial charge in [0.15, 0.2) is 0 Å². The van der Waals surface area contributed by atoms with Gasteiger partial charge < -0.3 is 15.5 Å². The van der Waals surface area contributed by atoms with Gasteiger partial charge in [0.25, 0.3) is 0 Å². The monoisotopic (exact) mass is 509 g/mol. The van der Waals surface area contributed by atoms with Crippen molar-refractivity contribution in [3.05, 3.63) is 70.9 Å². The summed E-state index contributed by atoms with van der Waals surface area (Å²) in [7, 11) is 0. The fourth-order valence-corrected chi connectivity index (χ4v) is 3.96. The second-order valence-electron chi connectivity index (χ2n) is 9.79. The Labute approximate surface area is 218 Å². The number of benzene rings is 2. The quantitative estimate of drug-likeness (QED) is 0.338. The number of anilines is 2. The van der Waals surface area contributed by atoms with Crippen LogP contribution in [-0.2, 0) is 16.6 Å². The van der Waals surface area contributed by atoms with Crippen molar-refractivity contribution in [3.8, 4) is 5.69 Å². The van der Waals surface area contributed by atoms with E-state index in [-0.39, 0.29) is 23.9 Å². The van der Waals surface area contributed by atoms with E-state index in [2.05, 4.69) is 38.3 Å². The van der Waals surface area contributed by atoms with Crippen LogP contribution in [0.3, 0.4) is 0 Å². The molecule has 0 atom stereocenters. The highest BCUT2D eigenvalue weighted by atomic mass is 35.5. The lowest BCUT2D eigenvalue weighted by Crippen LogP contribution is -2.41. The van der Waals surface area contributed by atoms with Crippen LogP contribution in [0.1, 0.15) is 58.7 Å². The molecule has 8 heteroatoms. The van der Waals surface area contributed by atoms with E-state index in [0.29, 0.717) is 23.1 Å². The molecule has 0 unspecified atom stereocenters. The molecule has 1 aromatic heterocycles. The Morgan fingerprint density at radius 1 is 1.03 bits per heavy atom. The molecule has 0 saturated carbocycles. The Balaban J connectivity index is 1.83. The Bertz CT molecular complexity index is 1200. The lowest BCUT2D eigenvalue weighted by Gasteiger charge is -2.23. The zero-order valence-electron chi connectivity index (χ0n) is 21.8. The summed E-state index contributed by atoms with van der Waals surface area (Å²) in [5.74, 6) is 0.198. The Morgan fingerprint density at radius 2 is 1.72 bits per heavy atom. The zero-order chi connectivity index (χ0) is 26.3. The van der Waals surface area contributed by atoms with Crippen molar-refractivity contribution in [2.24, 2.45) is 0 Å². The predicted molar refractivity (Wildman–Crippen MR) is 147 cm³/mol. The summed E-state index contributed by atoms with van der Waals surface area (Å²) < 4.78 is 1.65. The van der Waals surface area contributed by atoms with Crippen molar-refractivity contribution in [3.63, 3.8) is 0 Å². The standard InChI is InChI=1S/C28H36ClN5O2/c1-6-8-17-33(27(36)30-22-15-11-9-13-20(22)7-2)19-26(35)31-25-18-24(28(3,4)5)32-34(25)23-16-12-10-14-21(23)29/h9-16,18H,6-8,17,19H2,1-5H3,(H,30,36)(H,31,35). The topological polar surface area (TPSA) is 79.3 Å².